The van der Waals surface area contributed by atoms with Gasteiger partial charge in [-0.2, -0.15) is 0 Å². The SMILES string of the molecule is CCOC(=O)C1(Cc2cccc(OC)c2)CCN(Cc2nc(C(C)C)cs2)CC1. The highest BCUT2D eigenvalue weighted by Crippen LogP contribution is 2.38. The molecule has 1 aromatic carbocycles. The van der Waals surface area contributed by atoms with Crippen LogP contribution in [-0.2, 0) is 22.5 Å². The van der Waals surface area contributed by atoms with Gasteiger partial charge in [-0.1, -0.05) is 26.0 Å². The Kier molecular flexibility index (Phi) is 7.30. The summed E-state index contributed by atoms with van der Waals surface area (Å²) in [5, 5.41) is 3.32. The Labute approximate surface area is 178 Å². The van der Waals surface area contributed by atoms with Crippen LogP contribution >= 0.6 is 11.3 Å². The first-order valence-corrected chi connectivity index (χ1v) is 11.3. The monoisotopic (exact) mass is 416 g/mol. The van der Waals surface area contributed by atoms with Crippen molar-refractivity contribution in [2.75, 3.05) is 26.8 Å². The summed E-state index contributed by atoms with van der Waals surface area (Å²) in [7, 11) is 1.67. The summed E-state index contributed by atoms with van der Waals surface area (Å²) in [6.45, 7) is 9.24. The zero-order chi connectivity index (χ0) is 20.9. The Bertz CT molecular complexity index is 810. The van der Waals surface area contributed by atoms with Gasteiger partial charge in [0.15, 0.2) is 0 Å². The molecule has 1 aromatic heterocycles. The molecule has 1 saturated heterocycles. The van der Waals surface area contributed by atoms with Gasteiger partial charge in [0, 0.05) is 5.38 Å². The molecule has 0 radical (unpaired) electrons. The minimum absolute atomic E-state index is 0.0705. The number of carbonyl (C=O) groups is 1. The zero-order valence-corrected chi connectivity index (χ0v) is 18.8. The van der Waals surface area contributed by atoms with Crippen LogP contribution in [0.1, 0.15) is 55.8 Å². The van der Waals surface area contributed by atoms with Crippen molar-refractivity contribution in [3.05, 3.63) is 45.9 Å². The van der Waals surface area contributed by atoms with Gasteiger partial charge in [0.25, 0.3) is 0 Å². The van der Waals surface area contributed by atoms with Crippen LogP contribution < -0.4 is 4.74 Å². The summed E-state index contributed by atoms with van der Waals surface area (Å²) in [6, 6.07) is 8.01. The first kappa shape index (κ1) is 21.8. The van der Waals surface area contributed by atoms with E-state index in [1.165, 1.54) is 5.69 Å². The molecule has 1 aliphatic rings. The minimum Gasteiger partial charge on any atom is -0.497 e. The number of rotatable bonds is 8. The van der Waals surface area contributed by atoms with E-state index in [0.717, 1.165) is 48.8 Å². The van der Waals surface area contributed by atoms with Crippen molar-refractivity contribution in [3.8, 4) is 5.75 Å². The van der Waals surface area contributed by atoms with Crippen molar-refractivity contribution in [1.29, 1.82) is 0 Å². The van der Waals surface area contributed by atoms with E-state index in [0.29, 0.717) is 18.9 Å². The number of thiazole rings is 1. The lowest BCUT2D eigenvalue weighted by atomic mass is 9.73. The third kappa shape index (κ3) is 5.37. The van der Waals surface area contributed by atoms with E-state index in [1.807, 2.05) is 25.1 Å². The Balaban J connectivity index is 1.69. The highest BCUT2D eigenvalue weighted by Gasteiger charge is 2.42. The number of aromatic nitrogens is 1. The van der Waals surface area contributed by atoms with Crippen LogP contribution in [0.25, 0.3) is 0 Å². The number of carbonyl (C=O) groups excluding carboxylic acids is 1. The Morgan fingerprint density at radius 2 is 2.07 bits per heavy atom. The fraction of sp³-hybridized carbons (Fsp3) is 0.565. The van der Waals surface area contributed by atoms with Crippen LogP contribution in [0.4, 0.5) is 0 Å². The zero-order valence-electron chi connectivity index (χ0n) is 17.9. The predicted octanol–water partition coefficient (Wildman–Crippen LogP) is 4.66. The molecule has 3 rings (SSSR count). The molecule has 0 atom stereocenters. The lowest BCUT2D eigenvalue weighted by Crippen LogP contribution is -2.46. The molecule has 6 heteroatoms. The van der Waals surface area contributed by atoms with E-state index in [1.54, 1.807) is 18.4 Å². The topological polar surface area (TPSA) is 51.7 Å². The Morgan fingerprint density at radius 3 is 2.69 bits per heavy atom. The highest BCUT2D eigenvalue weighted by atomic mass is 32.1. The third-order valence-corrected chi connectivity index (χ3v) is 6.57. The standard InChI is InChI=1S/C23H32N2O3S/c1-5-28-22(26)23(14-18-7-6-8-19(13-18)27-4)9-11-25(12-10-23)15-21-24-20(16-29-21)17(2)3/h6-8,13,16-17H,5,9-12,14-15H2,1-4H3. The molecular weight excluding hydrogens is 384 g/mol. The quantitative estimate of drug-likeness (QED) is 0.586. The van der Waals surface area contributed by atoms with Crippen LogP contribution in [0.2, 0.25) is 0 Å². The van der Waals surface area contributed by atoms with E-state index in [9.17, 15) is 4.79 Å². The fourth-order valence-electron chi connectivity index (χ4n) is 3.90. The molecule has 0 unspecified atom stereocenters. The summed E-state index contributed by atoms with van der Waals surface area (Å²) in [4.78, 5) is 20.1. The van der Waals surface area contributed by atoms with Crippen LogP contribution in [-0.4, -0.2) is 42.7 Å². The minimum atomic E-state index is -0.467. The molecule has 29 heavy (non-hydrogen) atoms. The summed E-state index contributed by atoms with van der Waals surface area (Å²) in [6.07, 6.45) is 2.28. The first-order valence-electron chi connectivity index (χ1n) is 10.4. The van der Waals surface area contributed by atoms with E-state index >= 15 is 0 Å². The van der Waals surface area contributed by atoms with Gasteiger partial charge in [-0.15, -0.1) is 11.3 Å². The second-order valence-electron chi connectivity index (χ2n) is 8.13. The second-order valence-corrected chi connectivity index (χ2v) is 9.07. The number of benzene rings is 1. The van der Waals surface area contributed by atoms with Crippen molar-refractivity contribution in [1.82, 2.24) is 9.88 Å². The maximum absolute atomic E-state index is 12.9. The maximum Gasteiger partial charge on any atom is 0.312 e. The number of piperidine rings is 1. The van der Waals surface area contributed by atoms with Gasteiger partial charge in [-0.25, -0.2) is 4.98 Å². The normalized spacial score (nSPS) is 16.7. The Hall–Kier alpha value is -1.92. The van der Waals surface area contributed by atoms with Crippen LogP contribution in [0.3, 0.4) is 0 Å². The average Bonchev–Trinajstić information content (AvgIpc) is 3.19. The lowest BCUT2D eigenvalue weighted by molar-refractivity contribution is -0.158. The summed E-state index contributed by atoms with van der Waals surface area (Å²) in [5.41, 5.74) is 1.82. The third-order valence-electron chi connectivity index (χ3n) is 5.72. The molecular formula is C23H32N2O3S. The fourth-order valence-corrected chi connectivity index (χ4v) is 4.90. The van der Waals surface area contributed by atoms with Crippen molar-refractivity contribution in [2.24, 2.45) is 5.41 Å². The van der Waals surface area contributed by atoms with Gasteiger partial charge >= 0.3 is 5.97 Å². The van der Waals surface area contributed by atoms with Gasteiger partial charge < -0.3 is 9.47 Å². The van der Waals surface area contributed by atoms with Crippen LogP contribution in [0, 0.1) is 5.41 Å². The van der Waals surface area contributed by atoms with Gasteiger partial charge in [-0.3, -0.25) is 9.69 Å². The largest absolute Gasteiger partial charge is 0.497 e. The van der Waals surface area contributed by atoms with Crippen molar-refractivity contribution in [2.45, 2.75) is 52.5 Å². The van der Waals surface area contributed by atoms with E-state index in [4.69, 9.17) is 14.5 Å². The molecule has 158 valence electrons. The van der Waals surface area contributed by atoms with Crippen LogP contribution in [0.15, 0.2) is 29.6 Å². The molecule has 1 fully saturated rings. The molecule has 2 aromatic rings. The van der Waals surface area contributed by atoms with Gasteiger partial charge in [-0.05, 0) is 62.9 Å². The summed E-state index contributed by atoms with van der Waals surface area (Å²) < 4.78 is 10.9. The number of esters is 1. The molecule has 1 aliphatic heterocycles. The second kappa shape index (κ2) is 9.72. The summed E-state index contributed by atoms with van der Waals surface area (Å²) >= 11 is 1.73. The van der Waals surface area contributed by atoms with Crippen molar-refractivity contribution < 1.29 is 14.3 Å². The molecule has 5 nitrogen and oxygen atoms in total. The number of methoxy groups -OCH3 is 1. The van der Waals surface area contributed by atoms with E-state index < -0.39 is 5.41 Å². The molecule has 0 spiro atoms. The van der Waals surface area contributed by atoms with E-state index in [2.05, 4.69) is 30.2 Å². The first-order chi connectivity index (χ1) is 14.0. The summed E-state index contributed by atoms with van der Waals surface area (Å²) in [5.74, 6) is 1.21. The number of ether oxygens (including phenoxy) is 2. The average molecular weight is 417 g/mol. The number of hydrogen-bond donors (Lipinski definition) is 0. The number of likely N-dealkylation sites (tertiary alicyclic amines) is 1. The van der Waals surface area contributed by atoms with Gasteiger partial charge in [0.05, 0.1) is 31.4 Å². The molecule has 0 saturated carbocycles. The predicted molar refractivity (Wildman–Crippen MR) is 116 cm³/mol. The van der Waals surface area contributed by atoms with Crippen molar-refractivity contribution >= 4 is 17.3 Å². The van der Waals surface area contributed by atoms with Gasteiger partial charge in [0.1, 0.15) is 10.8 Å². The molecule has 0 aliphatic carbocycles. The van der Waals surface area contributed by atoms with Gasteiger partial charge in [0.2, 0.25) is 0 Å². The highest BCUT2D eigenvalue weighted by molar-refractivity contribution is 7.09. The van der Waals surface area contributed by atoms with Crippen LogP contribution in [0.5, 0.6) is 5.75 Å². The molecule has 0 amide bonds. The number of nitrogens with zero attached hydrogens (tertiary/aromatic N) is 2. The molecule has 2 heterocycles. The number of hydrogen-bond acceptors (Lipinski definition) is 6. The smallest absolute Gasteiger partial charge is 0.312 e. The molecule has 0 N–H and O–H groups in total. The van der Waals surface area contributed by atoms with Crippen molar-refractivity contribution in [3.63, 3.8) is 0 Å². The maximum atomic E-state index is 12.9. The Morgan fingerprint density at radius 1 is 1.31 bits per heavy atom. The lowest BCUT2D eigenvalue weighted by Gasteiger charge is -2.39. The van der Waals surface area contributed by atoms with E-state index in [-0.39, 0.29) is 5.97 Å². The molecule has 0 bridgehead atoms.